The molecule has 20 heavy (non-hydrogen) atoms. The summed E-state index contributed by atoms with van der Waals surface area (Å²) in [5.74, 6) is 0.170. The van der Waals surface area contributed by atoms with Gasteiger partial charge in [-0.15, -0.1) is 0 Å². The molecule has 0 saturated heterocycles. The van der Waals surface area contributed by atoms with Gasteiger partial charge >= 0.3 is 0 Å². The number of fused-ring (bicyclic) bond motifs is 5. The molecule has 0 aliphatic rings. The Labute approximate surface area is 110 Å². The third kappa shape index (κ3) is 1.27. The van der Waals surface area contributed by atoms with Crippen molar-refractivity contribution in [3.8, 4) is 5.75 Å². The first-order valence-corrected chi connectivity index (χ1v) is 6.03. The molecule has 0 unspecified atom stereocenters. The summed E-state index contributed by atoms with van der Waals surface area (Å²) in [5.41, 5.74) is 0.246. The lowest BCUT2D eigenvalue weighted by atomic mass is 10.1. The highest BCUT2D eigenvalue weighted by Gasteiger charge is 2.13. The van der Waals surface area contributed by atoms with Gasteiger partial charge in [-0.3, -0.25) is 19.8 Å². The average molecular weight is 267 g/mol. The first-order valence-electron chi connectivity index (χ1n) is 6.03. The Kier molecular flexibility index (Phi) is 1.90. The zero-order chi connectivity index (χ0) is 13.9. The summed E-state index contributed by atoms with van der Waals surface area (Å²) in [6.45, 7) is 0. The molecule has 4 aromatic rings. The fraction of sp³-hybridized carbons (Fsp3) is 0. The van der Waals surface area contributed by atoms with E-state index in [1.54, 1.807) is 24.3 Å². The van der Waals surface area contributed by atoms with Crippen LogP contribution in [0.2, 0.25) is 0 Å². The van der Waals surface area contributed by atoms with Crippen LogP contribution in [0.15, 0.2) is 39.9 Å². The molecular weight excluding hydrogens is 258 g/mol. The molecule has 2 aromatic carbocycles. The zero-order valence-electron chi connectivity index (χ0n) is 10.2. The van der Waals surface area contributed by atoms with Crippen molar-refractivity contribution in [2.75, 3.05) is 0 Å². The van der Waals surface area contributed by atoms with E-state index in [1.165, 1.54) is 0 Å². The minimum atomic E-state index is -0.372. The molecule has 4 rings (SSSR count). The molecule has 0 bridgehead atoms. The molecule has 0 fully saturated rings. The number of aromatic amines is 3. The van der Waals surface area contributed by atoms with Gasteiger partial charge in [-0.1, -0.05) is 12.1 Å². The molecule has 6 heteroatoms. The molecule has 98 valence electrons. The highest BCUT2D eigenvalue weighted by atomic mass is 16.3. The number of aromatic nitrogens is 3. The number of hydrogen-bond acceptors (Lipinski definition) is 3. The lowest BCUT2D eigenvalue weighted by Crippen LogP contribution is -2.18. The van der Waals surface area contributed by atoms with Gasteiger partial charge in [-0.25, -0.2) is 0 Å². The Hall–Kier alpha value is -3.02. The van der Waals surface area contributed by atoms with E-state index in [0.717, 1.165) is 10.8 Å². The number of hydrogen-bond donors (Lipinski definition) is 4. The number of phenolic OH excluding ortho intramolecular Hbond substituents is 1. The molecule has 0 spiro atoms. The average Bonchev–Trinajstić information content (AvgIpc) is 2.83. The molecule has 0 aliphatic carbocycles. The Bertz CT molecular complexity index is 1100. The van der Waals surface area contributed by atoms with Crippen LogP contribution in [0.3, 0.4) is 0 Å². The van der Waals surface area contributed by atoms with Crippen LogP contribution in [0.4, 0.5) is 0 Å². The van der Waals surface area contributed by atoms with Crippen LogP contribution in [0.1, 0.15) is 0 Å². The SMILES string of the molecule is O=c1[nH][nH]c(=O)c2c1[nH]c1c3ccc(O)cc3ccc12. The number of phenols is 1. The summed E-state index contributed by atoms with van der Waals surface area (Å²) in [7, 11) is 0. The number of nitrogens with one attached hydrogen (secondary N) is 3. The van der Waals surface area contributed by atoms with Crippen LogP contribution in [-0.4, -0.2) is 20.3 Å². The number of aromatic hydroxyl groups is 1. The first kappa shape index (κ1) is 10.9. The molecule has 0 saturated carbocycles. The predicted molar refractivity (Wildman–Crippen MR) is 76.2 cm³/mol. The highest BCUT2D eigenvalue weighted by Crippen LogP contribution is 2.30. The fourth-order valence-corrected chi connectivity index (χ4v) is 2.63. The second-order valence-corrected chi connectivity index (χ2v) is 4.68. The highest BCUT2D eigenvalue weighted by molar-refractivity contribution is 6.16. The lowest BCUT2D eigenvalue weighted by Gasteiger charge is -2.00. The first-order chi connectivity index (χ1) is 9.65. The second kappa shape index (κ2) is 3.51. The summed E-state index contributed by atoms with van der Waals surface area (Å²) < 4.78 is 0. The van der Waals surface area contributed by atoms with Gasteiger partial charge in [-0.05, 0) is 23.6 Å². The van der Waals surface area contributed by atoms with Gasteiger partial charge < -0.3 is 10.1 Å². The number of H-pyrrole nitrogens is 3. The van der Waals surface area contributed by atoms with Crippen molar-refractivity contribution in [3.63, 3.8) is 0 Å². The van der Waals surface area contributed by atoms with Gasteiger partial charge in [0.15, 0.2) is 0 Å². The molecular formula is C14H9N3O3. The normalized spacial score (nSPS) is 11.6. The summed E-state index contributed by atoms with van der Waals surface area (Å²) in [6.07, 6.45) is 0. The van der Waals surface area contributed by atoms with E-state index in [4.69, 9.17) is 0 Å². The van der Waals surface area contributed by atoms with E-state index in [2.05, 4.69) is 15.2 Å². The summed E-state index contributed by atoms with van der Waals surface area (Å²) in [4.78, 5) is 26.7. The summed E-state index contributed by atoms with van der Waals surface area (Å²) in [5, 5.41) is 16.8. The van der Waals surface area contributed by atoms with E-state index in [-0.39, 0.29) is 22.4 Å². The van der Waals surface area contributed by atoms with Crippen molar-refractivity contribution in [3.05, 3.63) is 51.0 Å². The van der Waals surface area contributed by atoms with E-state index in [1.807, 2.05) is 6.07 Å². The lowest BCUT2D eigenvalue weighted by molar-refractivity contribution is 0.476. The van der Waals surface area contributed by atoms with Gasteiger partial charge in [-0.2, -0.15) is 0 Å². The Morgan fingerprint density at radius 2 is 1.60 bits per heavy atom. The van der Waals surface area contributed by atoms with E-state index < -0.39 is 0 Å². The predicted octanol–water partition coefficient (Wildman–Crippen LogP) is 1.56. The molecule has 2 aromatic heterocycles. The number of benzene rings is 2. The van der Waals surface area contributed by atoms with Gasteiger partial charge in [0.05, 0.1) is 10.9 Å². The van der Waals surface area contributed by atoms with Gasteiger partial charge in [0.2, 0.25) is 0 Å². The fourth-order valence-electron chi connectivity index (χ4n) is 2.63. The largest absolute Gasteiger partial charge is 0.508 e. The van der Waals surface area contributed by atoms with Crippen LogP contribution in [0.25, 0.3) is 32.6 Å². The maximum Gasteiger partial charge on any atom is 0.286 e. The molecule has 6 nitrogen and oxygen atoms in total. The third-order valence-electron chi connectivity index (χ3n) is 3.52. The summed E-state index contributed by atoms with van der Waals surface area (Å²) in [6, 6.07) is 8.54. The minimum absolute atomic E-state index is 0.170. The topological polar surface area (TPSA) is 102 Å². The van der Waals surface area contributed by atoms with Crippen LogP contribution in [0.5, 0.6) is 5.75 Å². The van der Waals surface area contributed by atoms with Crippen molar-refractivity contribution >= 4 is 32.6 Å². The van der Waals surface area contributed by atoms with E-state index >= 15 is 0 Å². The standard InChI is InChI=1S/C14H9N3O3/c18-7-2-4-8-6(5-7)1-3-9-10-12(15-11(8)9)14(20)17-16-13(10)19/h1-5,15,18H,(H,16,19)(H,17,20). The summed E-state index contributed by atoms with van der Waals surface area (Å²) >= 11 is 0. The van der Waals surface area contributed by atoms with E-state index in [0.29, 0.717) is 16.3 Å². The molecule has 0 aliphatic heterocycles. The van der Waals surface area contributed by atoms with Crippen LogP contribution in [0, 0.1) is 0 Å². The Morgan fingerprint density at radius 1 is 0.850 bits per heavy atom. The Morgan fingerprint density at radius 3 is 2.45 bits per heavy atom. The monoisotopic (exact) mass is 267 g/mol. The van der Waals surface area contributed by atoms with Crippen molar-refractivity contribution in [1.29, 1.82) is 0 Å². The van der Waals surface area contributed by atoms with Gasteiger partial charge in [0.1, 0.15) is 11.3 Å². The van der Waals surface area contributed by atoms with Crippen molar-refractivity contribution in [2.45, 2.75) is 0 Å². The maximum absolute atomic E-state index is 11.9. The van der Waals surface area contributed by atoms with Gasteiger partial charge in [0, 0.05) is 10.8 Å². The molecule has 0 amide bonds. The Balaban J connectivity index is 2.36. The molecule has 4 N–H and O–H groups in total. The van der Waals surface area contributed by atoms with Gasteiger partial charge in [0.25, 0.3) is 11.1 Å². The molecule has 0 radical (unpaired) electrons. The van der Waals surface area contributed by atoms with Crippen LogP contribution < -0.4 is 11.1 Å². The molecule has 0 atom stereocenters. The second-order valence-electron chi connectivity index (χ2n) is 4.68. The van der Waals surface area contributed by atoms with Crippen molar-refractivity contribution < 1.29 is 5.11 Å². The molecule has 2 heterocycles. The third-order valence-corrected chi connectivity index (χ3v) is 3.52. The quantitative estimate of drug-likeness (QED) is 0.389. The van der Waals surface area contributed by atoms with E-state index in [9.17, 15) is 14.7 Å². The van der Waals surface area contributed by atoms with Crippen molar-refractivity contribution in [1.82, 2.24) is 15.2 Å². The smallest absolute Gasteiger partial charge is 0.286 e. The zero-order valence-corrected chi connectivity index (χ0v) is 10.2. The van der Waals surface area contributed by atoms with Crippen molar-refractivity contribution in [2.24, 2.45) is 0 Å². The van der Waals surface area contributed by atoms with Crippen LogP contribution >= 0.6 is 0 Å². The minimum Gasteiger partial charge on any atom is -0.508 e. The van der Waals surface area contributed by atoms with Crippen LogP contribution in [-0.2, 0) is 0 Å². The number of rotatable bonds is 0. The maximum atomic E-state index is 11.9.